The molecule has 1 aliphatic heterocycles. The van der Waals surface area contributed by atoms with Crippen LogP contribution in [-0.2, 0) is 4.84 Å². The fraction of sp³-hybridized carbons (Fsp3) is 0.300. The molecule has 0 aliphatic carbocycles. The van der Waals surface area contributed by atoms with E-state index in [1.54, 1.807) is 0 Å². The molecule has 0 bridgehead atoms. The second-order valence-electron chi connectivity index (χ2n) is 3.58. The number of phenolic OH excluding ortho intramolecular Hbond substituents is 1. The standard InChI is InChI=1S/C10H10N2O6/c13-7-1-2-9-8(5-7)10(14)11(6-17-9)3-4-18-12(15)16/h1-2,5,13H,3-4,6H2. The molecule has 0 aromatic heterocycles. The van der Waals surface area contributed by atoms with E-state index < -0.39 is 5.09 Å². The highest BCUT2D eigenvalue weighted by molar-refractivity contribution is 5.98. The predicted molar refractivity (Wildman–Crippen MR) is 57.6 cm³/mol. The number of hydrogen-bond acceptors (Lipinski definition) is 6. The van der Waals surface area contributed by atoms with Crippen molar-refractivity contribution in [1.82, 2.24) is 4.90 Å². The zero-order valence-electron chi connectivity index (χ0n) is 9.24. The topological polar surface area (TPSA) is 102 Å². The molecule has 0 atom stereocenters. The maximum Gasteiger partial charge on any atom is 0.294 e. The Morgan fingerprint density at radius 1 is 1.56 bits per heavy atom. The van der Waals surface area contributed by atoms with Crippen LogP contribution in [0.3, 0.4) is 0 Å². The van der Waals surface area contributed by atoms with Crippen molar-refractivity contribution in [3.05, 3.63) is 33.9 Å². The van der Waals surface area contributed by atoms with Crippen LogP contribution in [0.2, 0.25) is 0 Å². The number of carbonyl (C=O) groups excluding carboxylic acids is 1. The van der Waals surface area contributed by atoms with Gasteiger partial charge in [-0.3, -0.25) is 4.79 Å². The lowest BCUT2D eigenvalue weighted by Crippen LogP contribution is -2.40. The van der Waals surface area contributed by atoms with Crippen LogP contribution in [0.4, 0.5) is 0 Å². The highest BCUT2D eigenvalue weighted by Gasteiger charge is 2.25. The van der Waals surface area contributed by atoms with Crippen LogP contribution in [0.25, 0.3) is 0 Å². The van der Waals surface area contributed by atoms with Gasteiger partial charge < -0.3 is 19.6 Å². The molecule has 0 spiro atoms. The molecular formula is C10H10N2O6. The molecule has 1 aromatic carbocycles. The quantitative estimate of drug-likeness (QED) is 0.616. The molecule has 0 fully saturated rings. The van der Waals surface area contributed by atoms with Crippen LogP contribution < -0.4 is 4.74 Å². The Morgan fingerprint density at radius 2 is 2.33 bits per heavy atom. The van der Waals surface area contributed by atoms with Crippen LogP contribution in [0.5, 0.6) is 11.5 Å². The lowest BCUT2D eigenvalue weighted by atomic mass is 10.1. The van der Waals surface area contributed by atoms with Crippen molar-refractivity contribution in [2.75, 3.05) is 19.9 Å². The first kappa shape index (κ1) is 12.0. The minimum absolute atomic E-state index is 0.00230. The molecule has 8 nitrogen and oxygen atoms in total. The third kappa shape index (κ3) is 2.42. The number of nitrogens with zero attached hydrogens (tertiary/aromatic N) is 2. The highest BCUT2D eigenvalue weighted by Crippen LogP contribution is 2.27. The lowest BCUT2D eigenvalue weighted by Gasteiger charge is -2.28. The Kier molecular flexibility index (Phi) is 3.18. The average Bonchev–Trinajstić information content (AvgIpc) is 2.32. The van der Waals surface area contributed by atoms with Crippen LogP contribution in [0, 0.1) is 10.1 Å². The number of hydrogen-bond donors (Lipinski definition) is 1. The predicted octanol–water partition coefficient (Wildman–Crippen LogP) is 0.393. The molecule has 1 amide bonds. The monoisotopic (exact) mass is 254 g/mol. The Balaban J connectivity index is 2.05. The summed E-state index contributed by atoms with van der Waals surface area (Å²) in [6.07, 6.45) is 0. The van der Waals surface area contributed by atoms with Gasteiger partial charge in [-0.25, -0.2) is 0 Å². The molecular weight excluding hydrogens is 244 g/mol. The summed E-state index contributed by atoms with van der Waals surface area (Å²) in [6, 6.07) is 4.20. The van der Waals surface area contributed by atoms with E-state index in [0.29, 0.717) is 5.75 Å². The normalized spacial score (nSPS) is 13.8. The second-order valence-corrected chi connectivity index (χ2v) is 3.58. The van der Waals surface area contributed by atoms with E-state index in [1.165, 1.54) is 23.1 Å². The first-order valence-corrected chi connectivity index (χ1v) is 5.10. The van der Waals surface area contributed by atoms with Crippen LogP contribution >= 0.6 is 0 Å². The van der Waals surface area contributed by atoms with Crippen molar-refractivity contribution in [2.24, 2.45) is 0 Å². The second kappa shape index (κ2) is 4.78. The average molecular weight is 254 g/mol. The summed E-state index contributed by atoms with van der Waals surface area (Å²) in [6.45, 7) is -0.192. The number of benzene rings is 1. The van der Waals surface area contributed by atoms with Gasteiger partial charge in [-0.15, -0.1) is 10.1 Å². The first-order chi connectivity index (χ1) is 8.58. The Bertz CT molecular complexity index is 489. The summed E-state index contributed by atoms with van der Waals surface area (Å²) in [4.78, 5) is 27.3. The van der Waals surface area contributed by atoms with Gasteiger partial charge in [-0.2, -0.15) is 0 Å². The fourth-order valence-electron chi connectivity index (χ4n) is 1.58. The lowest BCUT2D eigenvalue weighted by molar-refractivity contribution is -0.757. The molecule has 1 N–H and O–H groups in total. The smallest absolute Gasteiger partial charge is 0.294 e. The molecule has 96 valence electrons. The molecule has 18 heavy (non-hydrogen) atoms. The van der Waals surface area contributed by atoms with E-state index in [2.05, 4.69) is 4.84 Å². The summed E-state index contributed by atoms with van der Waals surface area (Å²) in [5.74, 6) is -0.0302. The molecule has 2 rings (SSSR count). The van der Waals surface area contributed by atoms with E-state index in [9.17, 15) is 20.0 Å². The van der Waals surface area contributed by atoms with E-state index in [0.717, 1.165) is 0 Å². The summed E-state index contributed by atoms with van der Waals surface area (Å²) in [5, 5.41) is 18.4. The van der Waals surface area contributed by atoms with Gasteiger partial charge in [-0.1, -0.05) is 0 Å². The van der Waals surface area contributed by atoms with Crippen molar-refractivity contribution in [1.29, 1.82) is 0 Å². The maximum absolute atomic E-state index is 12.0. The Morgan fingerprint density at radius 3 is 3.06 bits per heavy atom. The van der Waals surface area contributed by atoms with E-state index >= 15 is 0 Å². The van der Waals surface area contributed by atoms with Gasteiger partial charge >= 0.3 is 0 Å². The number of fused-ring (bicyclic) bond motifs is 1. The number of rotatable bonds is 4. The van der Waals surface area contributed by atoms with Crippen molar-refractivity contribution in [2.45, 2.75) is 0 Å². The number of amides is 1. The molecule has 0 saturated carbocycles. The minimum atomic E-state index is -0.922. The van der Waals surface area contributed by atoms with Crippen LogP contribution in [-0.4, -0.2) is 40.9 Å². The van der Waals surface area contributed by atoms with Gasteiger partial charge in [0.05, 0.1) is 5.56 Å². The van der Waals surface area contributed by atoms with Crippen molar-refractivity contribution in [3.63, 3.8) is 0 Å². The van der Waals surface area contributed by atoms with E-state index in [4.69, 9.17) is 4.74 Å². The zero-order chi connectivity index (χ0) is 13.1. The summed E-state index contributed by atoms with van der Waals surface area (Å²) in [5.41, 5.74) is 0.224. The van der Waals surface area contributed by atoms with Gasteiger partial charge in [-0.05, 0) is 18.2 Å². The summed E-state index contributed by atoms with van der Waals surface area (Å²) >= 11 is 0. The summed E-state index contributed by atoms with van der Waals surface area (Å²) in [7, 11) is 0. The number of ether oxygens (including phenoxy) is 1. The van der Waals surface area contributed by atoms with Crippen molar-refractivity contribution >= 4 is 5.91 Å². The molecule has 0 unspecified atom stereocenters. The van der Waals surface area contributed by atoms with Gasteiger partial charge in [0.15, 0.2) is 6.73 Å². The van der Waals surface area contributed by atoms with Crippen molar-refractivity contribution in [3.8, 4) is 11.5 Å². The van der Waals surface area contributed by atoms with E-state index in [1.807, 2.05) is 0 Å². The van der Waals surface area contributed by atoms with Crippen LogP contribution in [0.1, 0.15) is 10.4 Å². The Hall–Kier alpha value is -2.51. The molecule has 1 aromatic rings. The molecule has 8 heteroatoms. The number of phenols is 1. The van der Waals surface area contributed by atoms with Crippen LogP contribution in [0.15, 0.2) is 18.2 Å². The van der Waals surface area contributed by atoms with Gasteiger partial charge in [0.1, 0.15) is 18.1 Å². The Labute approximate surface area is 101 Å². The minimum Gasteiger partial charge on any atom is -0.508 e. The van der Waals surface area contributed by atoms with Crippen molar-refractivity contribution < 1.29 is 24.6 Å². The SMILES string of the molecule is O=C1c2cc(O)ccc2OCN1CCO[N+](=O)[O-]. The number of carbonyl (C=O) groups is 1. The zero-order valence-corrected chi connectivity index (χ0v) is 9.24. The number of aromatic hydroxyl groups is 1. The third-order valence-electron chi connectivity index (χ3n) is 2.41. The van der Waals surface area contributed by atoms with Gasteiger partial charge in [0.2, 0.25) is 0 Å². The molecule has 1 heterocycles. The first-order valence-electron chi connectivity index (χ1n) is 5.10. The van der Waals surface area contributed by atoms with Gasteiger partial charge in [0, 0.05) is 6.54 Å². The molecule has 0 radical (unpaired) electrons. The fourth-order valence-corrected chi connectivity index (χ4v) is 1.58. The third-order valence-corrected chi connectivity index (χ3v) is 2.41. The summed E-state index contributed by atoms with van der Waals surface area (Å²) < 4.78 is 5.29. The molecule has 1 aliphatic rings. The maximum atomic E-state index is 12.0. The highest BCUT2D eigenvalue weighted by atomic mass is 16.9. The van der Waals surface area contributed by atoms with Gasteiger partial charge in [0.25, 0.3) is 11.0 Å². The molecule has 0 saturated heterocycles. The van der Waals surface area contributed by atoms with E-state index in [-0.39, 0.29) is 37.1 Å². The largest absolute Gasteiger partial charge is 0.508 e.